The van der Waals surface area contributed by atoms with Gasteiger partial charge >= 0.3 is 0 Å². The summed E-state index contributed by atoms with van der Waals surface area (Å²) in [6.45, 7) is 0. The van der Waals surface area contributed by atoms with Gasteiger partial charge < -0.3 is 15.8 Å². The number of carbonyl (C=O) groups excluding carboxylic acids is 1. The normalized spacial score (nSPS) is 24.3. The van der Waals surface area contributed by atoms with Gasteiger partial charge in [0.2, 0.25) is 5.91 Å². The summed E-state index contributed by atoms with van der Waals surface area (Å²) in [5.41, 5.74) is 6.21. The van der Waals surface area contributed by atoms with Crippen LogP contribution in [0.4, 0.5) is 4.39 Å². The van der Waals surface area contributed by atoms with Gasteiger partial charge in [0.05, 0.1) is 13.2 Å². The third-order valence-electron chi connectivity index (χ3n) is 2.49. The van der Waals surface area contributed by atoms with E-state index in [1.165, 1.54) is 19.2 Å². The van der Waals surface area contributed by atoms with Gasteiger partial charge in [0, 0.05) is 0 Å². The average Bonchev–Trinajstić information content (AvgIpc) is 2.25. The smallest absolute Gasteiger partial charge is 0.239 e. The van der Waals surface area contributed by atoms with Crippen LogP contribution in [-0.4, -0.2) is 19.1 Å². The first-order chi connectivity index (χ1) is 7.13. The van der Waals surface area contributed by atoms with E-state index in [4.69, 9.17) is 10.5 Å². The van der Waals surface area contributed by atoms with Gasteiger partial charge in [-0.15, -0.1) is 0 Å². The number of β-lactam (4-membered cyclic amide) rings is 1. The number of halogens is 1. The molecule has 0 spiro atoms. The monoisotopic (exact) mass is 210 g/mol. The Bertz CT molecular complexity index is 408. The lowest BCUT2D eigenvalue weighted by atomic mass is 9.92. The van der Waals surface area contributed by atoms with Crippen LogP contribution in [0.25, 0.3) is 0 Å². The maximum absolute atomic E-state index is 13.3. The predicted octanol–water partition coefficient (Wildman–Crippen LogP) is 0.332. The summed E-state index contributed by atoms with van der Waals surface area (Å²) in [7, 11) is 1.40. The maximum atomic E-state index is 13.3. The first-order valence-corrected chi connectivity index (χ1v) is 4.53. The van der Waals surface area contributed by atoms with Crippen LogP contribution in [0.1, 0.15) is 11.6 Å². The molecule has 4 nitrogen and oxygen atoms in total. The summed E-state index contributed by atoms with van der Waals surface area (Å²) in [5.74, 6) is -0.488. The highest BCUT2D eigenvalue weighted by molar-refractivity contribution is 5.89. The van der Waals surface area contributed by atoms with Gasteiger partial charge in [0.25, 0.3) is 0 Å². The molecular weight excluding hydrogens is 199 g/mol. The number of hydrogen-bond acceptors (Lipinski definition) is 3. The van der Waals surface area contributed by atoms with E-state index in [0.29, 0.717) is 5.56 Å². The highest BCUT2D eigenvalue weighted by Gasteiger charge is 2.37. The Balaban J connectivity index is 2.24. The van der Waals surface area contributed by atoms with Crippen LogP contribution >= 0.6 is 0 Å². The summed E-state index contributed by atoms with van der Waals surface area (Å²) < 4.78 is 18.1. The molecule has 2 atom stereocenters. The zero-order valence-electron chi connectivity index (χ0n) is 8.16. The molecule has 5 heteroatoms. The van der Waals surface area contributed by atoms with Crippen LogP contribution in [0.3, 0.4) is 0 Å². The van der Waals surface area contributed by atoms with Gasteiger partial charge in [0.15, 0.2) is 11.6 Å². The minimum absolute atomic E-state index is 0.179. The van der Waals surface area contributed by atoms with Gasteiger partial charge in [-0.1, -0.05) is 6.07 Å². The van der Waals surface area contributed by atoms with Gasteiger partial charge in [-0.25, -0.2) is 4.39 Å². The lowest BCUT2D eigenvalue weighted by Crippen LogP contribution is -2.60. The molecule has 1 heterocycles. The van der Waals surface area contributed by atoms with Crippen molar-refractivity contribution >= 4 is 5.91 Å². The highest BCUT2D eigenvalue weighted by Crippen LogP contribution is 2.26. The van der Waals surface area contributed by atoms with Crippen molar-refractivity contribution < 1.29 is 13.9 Å². The van der Waals surface area contributed by atoms with Crippen molar-refractivity contribution in [3.05, 3.63) is 29.6 Å². The molecule has 3 N–H and O–H groups in total. The van der Waals surface area contributed by atoms with E-state index < -0.39 is 11.9 Å². The molecule has 15 heavy (non-hydrogen) atoms. The van der Waals surface area contributed by atoms with Crippen molar-refractivity contribution in [1.29, 1.82) is 0 Å². The van der Waals surface area contributed by atoms with E-state index in [9.17, 15) is 9.18 Å². The van der Waals surface area contributed by atoms with Crippen molar-refractivity contribution in [2.24, 2.45) is 5.73 Å². The average molecular weight is 210 g/mol. The number of rotatable bonds is 2. The molecule has 0 radical (unpaired) electrons. The van der Waals surface area contributed by atoms with Crippen molar-refractivity contribution in [3.8, 4) is 5.75 Å². The number of ether oxygens (including phenoxy) is 1. The van der Waals surface area contributed by atoms with E-state index in [2.05, 4.69) is 5.32 Å². The molecule has 0 aromatic heterocycles. The number of methoxy groups -OCH3 is 1. The van der Waals surface area contributed by atoms with Crippen molar-refractivity contribution in [1.82, 2.24) is 5.32 Å². The number of amides is 1. The lowest BCUT2D eigenvalue weighted by molar-refractivity contribution is -0.130. The van der Waals surface area contributed by atoms with E-state index in [-0.39, 0.29) is 17.7 Å². The molecule has 1 fully saturated rings. The molecule has 2 unspecified atom stereocenters. The Morgan fingerprint density at radius 1 is 1.53 bits per heavy atom. The largest absolute Gasteiger partial charge is 0.494 e. The van der Waals surface area contributed by atoms with E-state index >= 15 is 0 Å². The van der Waals surface area contributed by atoms with Crippen LogP contribution in [0, 0.1) is 5.82 Å². The second-order valence-electron chi connectivity index (χ2n) is 3.41. The Morgan fingerprint density at radius 2 is 2.27 bits per heavy atom. The number of carbonyl (C=O) groups is 1. The number of nitrogens with two attached hydrogens (primary N) is 1. The SMILES string of the molecule is COc1ccc(C2NC(=O)C2N)cc1F. The highest BCUT2D eigenvalue weighted by atomic mass is 19.1. The molecule has 0 bridgehead atoms. The van der Waals surface area contributed by atoms with Gasteiger partial charge in [0.1, 0.15) is 6.04 Å². The molecule has 0 saturated carbocycles. The van der Waals surface area contributed by atoms with Crippen molar-refractivity contribution in [2.75, 3.05) is 7.11 Å². The molecule has 1 aromatic carbocycles. The topological polar surface area (TPSA) is 64.3 Å². The Morgan fingerprint density at radius 3 is 2.73 bits per heavy atom. The Hall–Kier alpha value is -1.62. The molecular formula is C10H11FN2O2. The van der Waals surface area contributed by atoms with Crippen molar-refractivity contribution in [2.45, 2.75) is 12.1 Å². The fourth-order valence-electron chi connectivity index (χ4n) is 1.56. The van der Waals surface area contributed by atoms with E-state index in [1.54, 1.807) is 6.07 Å². The van der Waals surface area contributed by atoms with Crippen LogP contribution < -0.4 is 15.8 Å². The van der Waals surface area contributed by atoms with Gasteiger partial charge in [-0.3, -0.25) is 4.79 Å². The lowest BCUT2D eigenvalue weighted by Gasteiger charge is -2.34. The third-order valence-corrected chi connectivity index (χ3v) is 2.49. The molecule has 1 aliphatic rings. The first kappa shape index (κ1) is 9.92. The molecule has 1 saturated heterocycles. The fraction of sp³-hybridized carbons (Fsp3) is 0.300. The Kier molecular flexibility index (Phi) is 2.32. The zero-order valence-corrected chi connectivity index (χ0v) is 8.16. The van der Waals surface area contributed by atoms with E-state index in [0.717, 1.165) is 0 Å². The zero-order chi connectivity index (χ0) is 11.0. The standard InChI is InChI=1S/C10H11FN2O2/c1-15-7-3-2-5(4-6(7)11)9-8(12)10(14)13-9/h2-4,8-9H,12H2,1H3,(H,13,14). The summed E-state index contributed by atoms with van der Waals surface area (Å²) in [4.78, 5) is 10.9. The van der Waals surface area contributed by atoms with Gasteiger partial charge in [-0.05, 0) is 17.7 Å². The fourth-order valence-corrected chi connectivity index (χ4v) is 1.56. The maximum Gasteiger partial charge on any atom is 0.239 e. The minimum atomic E-state index is -0.585. The first-order valence-electron chi connectivity index (χ1n) is 4.53. The third kappa shape index (κ3) is 1.55. The summed E-state index contributed by atoms with van der Waals surface area (Å²) in [5, 5.41) is 2.60. The second-order valence-corrected chi connectivity index (χ2v) is 3.41. The number of hydrogen-bond donors (Lipinski definition) is 2. The van der Waals surface area contributed by atoms with Crippen LogP contribution in [0.5, 0.6) is 5.75 Å². The van der Waals surface area contributed by atoms with Crippen LogP contribution in [0.15, 0.2) is 18.2 Å². The Labute approximate surface area is 86.2 Å². The number of benzene rings is 1. The molecule has 1 aromatic rings. The summed E-state index contributed by atoms with van der Waals surface area (Å²) in [6, 6.07) is 3.65. The summed E-state index contributed by atoms with van der Waals surface area (Å²) >= 11 is 0. The molecule has 0 aliphatic carbocycles. The van der Waals surface area contributed by atoms with Crippen molar-refractivity contribution in [3.63, 3.8) is 0 Å². The summed E-state index contributed by atoms with van der Waals surface area (Å²) in [6.07, 6.45) is 0. The minimum Gasteiger partial charge on any atom is -0.494 e. The molecule has 80 valence electrons. The van der Waals surface area contributed by atoms with E-state index in [1.807, 2.05) is 0 Å². The molecule has 1 amide bonds. The van der Waals surface area contributed by atoms with Crippen LogP contribution in [-0.2, 0) is 4.79 Å². The number of nitrogens with one attached hydrogen (secondary N) is 1. The molecule has 1 aliphatic heterocycles. The van der Waals surface area contributed by atoms with Gasteiger partial charge in [-0.2, -0.15) is 0 Å². The second kappa shape index (κ2) is 3.51. The predicted molar refractivity (Wildman–Crippen MR) is 51.8 cm³/mol. The van der Waals surface area contributed by atoms with Crippen LogP contribution in [0.2, 0.25) is 0 Å². The quantitative estimate of drug-likeness (QED) is 0.691. The molecule has 2 rings (SSSR count).